The third-order valence-corrected chi connectivity index (χ3v) is 4.90. The first-order valence-electron chi connectivity index (χ1n) is 7.90. The zero-order valence-electron chi connectivity index (χ0n) is 13.8. The van der Waals surface area contributed by atoms with Crippen molar-refractivity contribution in [2.45, 2.75) is 9.79 Å². The molecule has 4 aromatic rings. The van der Waals surface area contributed by atoms with Gasteiger partial charge in [-0.3, -0.25) is 15.1 Å². The van der Waals surface area contributed by atoms with Crippen molar-refractivity contribution in [3.63, 3.8) is 0 Å². The molecule has 0 N–H and O–H groups in total. The summed E-state index contributed by atoms with van der Waals surface area (Å²) >= 11 is 1.48. The minimum absolute atomic E-state index is 0.000556. The molecular formula is C18H12N6O2S. The van der Waals surface area contributed by atoms with E-state index in [1.807, 2.05) is 30.3 Å². The largest absolute Gasteiger partial charge is 0.270 e. The molecule has 2 aromatic heterocycles. The number of benzene rings is 2. The Morgan fingerprint density at radius 1 is 1.07 bits per heavy atom. The SMILES string of the molecule is O=[N+]([O-])c1ccc(Sc2cccc3cccnc23)c(/C=N\n2cnnc2)c1. The summed E-state index contributed by atoms with van der Waals surface area (Å²) in [6.45, 7) is 0. The lowest BCUT2D eigenvalue weighted by Crippen LogP contribution is -1.94. The number of hydrogen-bond acceptors (Lipinski definition) is 7. The van der Waals surface area contributed by atoms with Crippen LogP contribution in [0.4, 0.5) is 5.69 Å². The van der Waals surface area contributed by atoms with E-state index in [2.05, 4.69) is 20.3 Å². The molecule has 0 atom stereocenters. The van der Waals surface area contributed by atoms with Crippen molar-refractivity contribution in [3.8, 4) is 0 Å². The number of aromatic nitrogens is 4. The van der Waals surface area contributed by atoms with E-state index in [0.717, 1.165) is 20.7 Å². The molecule has 9 heteroatoms. The van der Waals surface area contributed by atoms with Crippen LogP contribution in [0.5, 0.6) is 0 Å². The van der Waals surface area contributed by atoms with E-state index in [-0.39, 0.29) is 5.69 Å². The van der Waals surface area contributed by atoms with Crippen LogP contribution < -0.4 is 0 Å². The summed E-state index contributed by atoms with van der Waals surface area (Å²) < 4.78 is 1.42. The molecule has 0 amide bonds. The second-order valence-corrected chi connectivity index (χ2v) is 6.58. The van der Waals surface area contributed by atoms with Gasteiger partial charge in [-0.15, -0.1) is 10.2 Å². The van der Waals surface area contributed by atoms with Crippen LogP contribution in [-0.2, 0) is 0 Å². The fraction of sp³-hybridized carbons (Fsp3) is 0. The number of fused-ring (bicyclic) bond motifs is 1. The molecule has 2 heterocycles. The van der Waals surface area contributed by atoms with Gasteiger partial charge < -0.3 is 0 Å². The number of para-hydroxylation sites is 1. The van der Waals surface area contributed by atoms with Gasteiger partial charge in [-0.05, 0) is 18.2 Å². The van der Waals surface area contributed by atoms with Crippen molar-refractivity contribution in [2.24, 2.45) is 5.10 Å². The molecule has 0 radical (unpaired) electrons. The van der Waals surface area contributed by atoms with Gasteiger partial charge in [0.25, 0.3) is 5.69 Å². The van der Waals surface area contributed by atoms with Crippen LogP contribution in [0.25, 0.3) is 10.9 Å². The quantitative estimate of drug-likeness (QED) is 0.299. The first-order valence-corrected chi connectivity index (χ1v) is 8.71. The van der Waals surface area contributed by atoms with Gasteiger partial charge in [0.15, 0.2) is 0 Å². The number of non-ortho nitro benzene ring substituents is 1. The molecule has 0 bridgehead atoms. The monoisotopic (exact) mass is 376 g/mol. The summed E-state index contributed by atoms with van der Waals surface area (Å²) in [5.74, 6) is 0. The molecule has 0 aliphatic heterocycles. The highest BCUT2D eigenvalue weighted by atomic mass is 32.2. The van der Waals surface area contributed by atoms with Crippen molar-refractivity contribution >= 4 is 34.6 Å². The van der Waals surface area contributed by atoms with Crippen molar-refractivity contribution in [3.05, 3.63) is 83.1 Å². The fourth-order valence-corrected chi connectivity index (χ4v) is 3.52. The van der Waals surface area contributed by atoms with E-state index in [1.165, 1.54) is 41.2 Å². The summed E-state index contributed by atoms with van der Waals surface area (Å²) in [6, 6.07) is 14.5. The van der Waals surface area contributed by atoms with Gasteiger partial charge in [-0.2, -0.15) is 5.10 Å². The van der Waals surface area contributed by atoms with Gasteiger partial charge >= 0.3 is 0 Å². The van der Waals surface area contributed by atoms with Crippen LogP contribution in [0.2, 0.25) is 0 Å². The average molecular weight is 376 g/mol. The summed E-state index contributed by atoms with van der Waals surface area (Å²) in [5, 5.41) is 23.8. The standard InChI is InChI=1S/C18H12N6O2S/c25-24(26)15-6-7-16(14(9-15)10-22-23-11-20-21-12-23)27-17-5-1-3-13-4-2-8-19-18(13)17/h1-12H/b22-10-. The molecule has 0 saturated carbocycles. The Balaban J connectivity index is 1.76. The van der Waals surface area contributed by atoms with Gasteiger partial charge in [0.2, 0.25) is 0 Å². The first kappa shape index (κ1) is 16.9. The Morgan fingerprint density at radius 2 is 1.89 bits per heavy atom. The van der Waals surface area contributed by atoms with E-state index in [1.54, 1.807) is 18.5 Å². The molecule has 0 fully saturated rings. The maximum Gasteiger partial charge on any atom is 0.270 e. The van der Waals surface area contributed by atoms with Gasteiger partial charge in [-0.1, -0.05) is 30.0 Å². The third kappa shape index (κ3) is 3.67. The Hall–Kier alpha value is -3.59. The van der Waals surface area contributed by atoms with Gasteiger partial charge in [0.1, 0.15) is 12.7 Å². The van der Waals surface area contributed by atoms with Crippen LogP contribution in [0.3, 0.4) is 0 Å². The van der Waals surface area contributed by atoms with Gasteiger partial charge in [-0.25, -0.2) is 4.68 Å². The van der Waals surface area contributed by atoms with E-state index in [9.17, 15) is 10.1 Å². The Kier molecular flexibility index (Phi) is 4.58. The highest BCUT2D eigenvalue weighted by molar-refractivity contribution is 7.99. The lowest BCUT2D eigenvalue weighted by Gasteiger charge is -2.08. The normalized spacial score (nSPS) is 11.3. The summed E-state index contributed by atoms with van der Waals surface area (Å²) in [4.78, 5) is 17.0. The number of nitro benzene ring substituents is 1. The zero-order valence-corrected chi connectivity index (χ0v) is 14.7. The zero-order chi connectivity index (χ0) is 18.6. The molecule has 0 saturated heterocycles. The lowest BCUT2D eigenvalue weighted by atomic mass is 10.2. The number of pyridine rings is 1. The fourth-order valence-electron chi connectivity index (χ4n) is 2.50. The van der Waals surface area contributed by atoms with Crippen molar-refractivity contribution in [1.82, 2.24) is 19.9 Å². The average Bonchev–Trinajstić information content (AvgIpc) is 3.21. The summed E-state index contributed by atoms with van der Waals surface area (Å²) in [5.41, 5.74) is 1.50. The predicted molar refractivity (Wildman–Crippen MR) is 102 cm³/mol. The third-order valence-electron chi connectivity index (χ3n) is 3.76. The molecule has 132 valence electrons. The molecule has 8 nitrogen and oxygen atoms in total. The smallest absolute Gasteiger partial charge is 0.258 e. The number of hydrogen-bond donors (Lipinski definition) is 0. The lowest BCUT2D eigenvalue weighted by molar-refractivity contribution is -0.384. The first-order chi connectivity index (χ1) is 13.2. The van der Waals surface area contributed by atoms with Crippen LogP contribution in [0.1, 0.15) is 5.56 Å². The van der Waals surface area contributed by atoms with Crippen molar-refractivity contribution < 1.29 is 4.92 Å². The van der Waals surface area contributed by atoms with Crippen LogP contribution >= 0.6 is 11.8 Å². The second-order valence-electron chi connectivity index (χ2n) is 5.50. The minimum atomic E-state index is -0.427. The maximum absolute atomic E-state index is 11.1. The topological polar surface area (TPSA) is 99.1 Å². The molecule has 4 rings (SSSR count). The van der Waals surface area contributed by atoms with E-state index in [4.69, 9.17) is 0 Å². The predicted octanol–water partition coefficient (Wildman–Crippen LogP) is 3.77. The number of nitrogens with zero attached hydrogens (tertiary/aromatic N) is 6. The van der Waals surface area contributed by atoms with E-state index >= 15 is 0 Å². The molecular weight excluding hydrogens is 364 g/mol. The Bertz CT molecular complexity index is 1140. The van der Waals surface area contributed by atoms with Crippen molar-refractivity contribution in [1.29, 1.82) is 0 Å². The van der Waals surface area contributed by atoms with Crippen molar-refractivity contribution in [2.75, 3.05) is 0 Å². The summed E-state index contributed by atoms with van der Waals surface area (Å²) in [6.07, 6.45) is 6.18. The molecule has 27 heavy (non-hydrogen) atoms. The van der Waals surface area contributed by atoms with Crippen LogP contribution in [0.15, 0.2) is 82.3 Å². The van der Waals surface area contributed by atoms with E-state index in [0.29, 0.717) is 5.56 Å². The molecule has 0 aliphatic carbocycles. The maximum atomic E-state index is 11.1. The second kappa shape index (κ2) is 7.34. The van der Waals surface area contributed by atoms with Gasteiger partial charge in [0.05, 0.1) is 16.7 Å². The molecule has 0 spiro atoms. The van der Waals surface area contributed by atoms with E-state index < -0.39 is 4.92 Å². The highest BCUT2D eigenvalue weighted by Crippen LogP contribution is 2.35. The minimum Gasteiger partial charge on any atom is -0.258 e. The highest BCUT2D eigenvalue weighted by Gasteiger charge is 2.12. The Morgan fingerprint density at radius 3 is 2.70 bits per heavy atom. The van der Waals surface area contributed by atoms with Crippen LogP contribution in [0, 0.1) is 10.1 Å². The van der Waals surface area contributed by atoms with Gasteiger partial charge in [0, 0.05) is 39.1 Å². The van der Waals surface area contributed by atoms with Crippen LogP contribution in [-0.4, -0.2) is 31.0 Å². The molecule has 2 aromatic carbocycles. The Labute approximate surface area is 157 Å². The molecule has 0 unspecified atom stereocenters. The number of nitro groups is 1. The molecule has 0 aliphatic rings. The number of rotatable bonds is 5. The summed E-state index contributed by atoms with van der Waals surface area (Å²) in [7, 11) is 0.